The summed E-state index contributed by atoms with van der Waals surface area (Å²) in [5, 5.41) is 0. The van der Waals surface area contributed by atoms with Gasteiger partial charge in [-0.15, -0.1) is 0 Å². The third-order valence-electron chi connectivity index (χ3n) is 3.18. The van der Waals surface area contributed by atoms with Gasteiger partial charge in [0.2, 0.25) is 0 Å². The van der Waals surface area contributed by atoms with Crippen molar-refractivity contribution in [2.75, 3.05) is 31.1 Å². The number of halogens is 1. The molecule has 1 fully saturated rings. The molecule has 104 valence electrons. The van der Waals surface area contributed by atoms with Crippen LogP contribution in [0.15, 0.2) is 28.7 Å². The van der Waals surface area contributed by atoms with E-state index in [1.54, 1.807) is 12.1 Å². The van der Waals surface area contributed by atoms with E-state index in [9.17, 15) is 13.2 Å². The molecule has 6 heteroatoms. The van der Waals surface area contributed by atoms with Gasteiger partial charge in [0, 0.05) is 16.6 Å². The van der Waals surface area contributed by atoms with E-state index in [1.807, 2.05) is 17.0 Å². The fourth-order valence-corrected chi connectivity index (χ4v) is 3.65. The number of carbonyl (C=O) groups excluding carboxylic acids is 1. The van der Waals surface area contributed by atoms with Crippen LogP contribution in [-0.4, -0.2) is 50.2 Å². The molecule has 0 atom stereocenters. The molecule has 0 aliphatic carbocycles. The van der Waals surface area contributed by atoms with Crippen molar-refractivity contribution < 1.29 is 13.2 Å². The quantitative estimate of drug-likeness (QED) is 0.783. The second-order valence-corrected chi connectivity index (χ2v) is 7.93. The molecule has 0 aromatic heterocycles. The van der Waals surface area contributed by atoms with Crippen molar-refractivity contribution in [2.24, 2.45) is 0 Å². The maximum absolute atomic E-state index is 12.1. The van der Waals surface area contributed by atoms with Crippen molar-refractivity contribution >= 4 is 31.6 Å². The number of Topliss-reactive ketones (excluding diaryl/α,β-unsaturated/α-hetero) is 1. The Bertz CT molecular complexity index is 554. The zero-order valence-corrected chi connectivity index (χ0v) is 12.9. The van der Waals surface area contributed by atoms with Crippen molar-refractivity contribution in [3.8, 4) is 0 Å². The minimum absolute atomic E-state index is 0.0341. The van der Waals surface area contributed by atoms with Gasteiger partial charge in [-0.2, -0.15) is 0 Å². The molecule has 0 spiro atoms. The molecule has 1 heterocycles. The minimum atomic E-state index is -2.92. The number of sulfone groups is 1. The largest absolute Gasteiger partial charge is 0.295 e. The van der Waals surface area contributed by atoms with E-state index in [0.29, 0.717) is 25.1 Å². The molecule has 1 aromatic rings. The van der Waals surface area contributed by atoms with Crippen LogP contribution in [0.1, 0.15) is 16.8 Å². The van der Waals surface area contributed by atoms with Crippen LogP contribution in [0.2, 0.25) is 0 Å². The highest BCUT2D eigenvalue weighted by Crippen LogP contribution is 2.12. The Balaban J connectivity index is 1.97. The molecule has 1 aliphatic heterocycles. The molecule has 0 unspecified atom stereocenters. The molecule has 1 aliphatic rings. The summed E-state index contributed by atoms with van der Waals surface area (Å²) >= 11 is 3.33. The molecule has 19 heavy (non-hydrogen) atoms. The second-order valence-electron chi connectivity index (χ2n) is 4.71. The van der Waals surface area contributed by atoms with E-state index in [-0.39, 0.29) is 23.8 Å². The van der Waals surface area contributed by atoms with E-state index in [4.69, 9.17) is 0 Å². The molecule has 0 bridgehead atoms. The predicted molar refractivity (Wildman–Crippen MR) is 78.2 cm³/mol. The molecular weight excluding hydrogens is 330 g/mol. The van der Waals surface area contributed by atoms with Crippen LogP contribution in [0.4, 0.5) is 0 Å². The monoisotopic (exact) mass is 345 g/mol. The van der Waals surface area contributed by atoms with Gasteiger partial charge >= 0.3 is 0 Å². The summed E-state index contributed by atoms with van der Waals surface area (Å²) in [7, 11) is -2.92. The number of hydrogen-bond acceptors (Lipinski definition) is 4. The van der Waals surface area contributed by atoms with Gasteiger partial charge in [0.05, 0.1) is 18.1 Å². The van der Waals surface area contributed by atoms with E-state index in [1.165, 1.54) is 0 Å². The smallest absolute Gasteiger partial charge is 0.176 e. The third-order valence-corrected chi connectivity index (χ3v) is 5.43. The minimum Gasteiger partial charge on any atom is -0.295 e. The summed E-state index contributed by atoms with van der Waals surface area (Å²) in [5.74, 6) is 0.420. The highest BCUT2D eigenvalue weighted by Gasteiger charge is 2.20. The highest BCUT2D eigenvalue weighted by molar-refractivity contribution is 9.10. The molecule has 2 rings (SSSR count). The normalized spacial score (nSPS) is 19.8. The molecule has 0 N–H and O–H groups in total. The summed E-state index contributed by atoms with van der Waals surface area (Å²) in [4.78, 5) is 14.0. The summed E-state index contributed by atoms with van der Waals surface area (Å²) < 4.78 is 23.9. The number of rotatable bonds is 3. The van der Waals surface area contributed by atoms with Crippen molar-refractivity contribution in [1.82, 2.24) is 4.90 Å². The van der Waals surface area contributed by atoms with Crippen LogP contribution in [0.5, 0.6) is 0 Å². The van der Waals surface area contributed by atoms with Gasteiger partial charge < -0.3 is 0 Å². The van der Waals surface area contributed by atoms with Crippen molar-refractivity contribution in [1.29, 1.82) is 0 Å². The Morgan fingerprint density at radius 3 is 2.53 bits per heavy atom. The SMILES string of the molecule is O=C(CN1CCCS(=O)(=O)CC1)c1ccc(Br)cc1. The van der Waals surface area contributed by atoms with Crippen LogP contribution in [0, 0.1) is 0 Å². The number of carbonyl (C=O) groups is 1. The number of nitrogens with zero attached hydrogens (tertiary/aromatic N) is 1. The Hall–Kier alpha value is -0.720. The average Bonchev–Trinajstić information content (AvgIpc) is 2.52. The van der Waals surface area contributed by atoms with Crippen molar-refractivity contribution in [2.45, 2.75) is 6.42 Å². The van der Waals surface area contributed by atoms with Gasteiger partial charge in [0.1, 0.15) is 0 Å². The van der Waals surface area contributed by atoms with E-state index >= 15 is 0 Å². The number of benzene rings is 1. The summed E-state index contributed by atoms with van der Waals surface area (Å²) in [6.45, 7) is 1.41. The Morgan fingerprint density at radius 1 is 1.16 bits per heavy atom. The molecule has 1 aromatic carbocycles. The van der Waals surface area contributed by atoms with E-state index in [0.717, 1.165) is 4.47 Å². The lowest BCUT2D eigenvalue weighted by Gasteiger charge is -2.18. The van der Waals surface area contributed by atoms with Crippen molar-refractivity contribution in [3.63, 3.8) is 0 Å². The lowest BCUT2D eigenvalue weighted by molar-refractivity contribution is 0.0935. The van der Waals surface area contributed by atoms with Gasteiger partial charge in [0.15, 0.2) is 15.6 Å². The lowest BCUT2D eigenvalue weighted by atomic mass is 10.1. The zero-order valence-electron chi connectivity index (χ0n) is 10.5. The summed E-state index contributed by atoms with van der Waals surface area (Å²) in [6, 6.07) is 7.22. The first-order valence-electron chi connectivity index (χ1n) is 6.18. The second kappa shape index (κ2) is 6.15. The molecule has 0 radical (unpaired) electrons. The maximum atomic E-state index is 12.1. The molecule has 4 nitrogen and oxygen atoms in total. The fraction of sp³-hybridized carbons (Fsp3) is 0.462. The summed E-state index contributed by atoms with van der Waals surface area (Å²) in [5.41, 5.74) is 0.662. The Kier molecular flexibility index (Phi) is 4.76. The van der Waals surface area contributed by atoms with Gasteiger partial charge in [-0.3, -0.25) is 9.69 Å². The van der Waals surface area contributed by atoms with E-state index in [2.05, 4.69) is 15.9 Å². The lowest BCUT2D eigenvalue weighted by Crippen LogP contribution is -2.32. The number of hydrogen-bond donors (Lipinski definition) is 0. The first-order chi connectivity index (χ1) is 8.96. The first kappa shape index (κ1) is 14.7. The van der Waals surface area contributed by atoms with Crippen molar-refractivity contribution in [3.05, 3.63) is 34.3 Å². The van der Waals surface area contributed by atoms with Crippen LogP contribution in [0.3, 0.4) is 0 Å². The molecule has 0 amide bonds. The van der Waals surface area contributed by atoms with Crippen LogP contribution >= 0.6 is 15.9 Å². The first-order valence-corrected chi connectivity index (χ1v) is 8.79. The summed E-state index contributed by atoms with van der Waals surface area (Å²) in [6.07, 6.45) is 0.607. The average molecular weight is 346 g/mol. The maximum Gasteiger partial charge on any atom is 0.176 e. The number of ketones is 1. The third kappa shape index (κ3) is 4.40. The standard InChI is InChI=1S/C13H16BrNO3S/c14-12-4-2-11(3-5-12)13(16)10-15-6-1-8-19(17,18)9-7-15/h2-5H,1,6-10H2. The van der Waals surface area contributed by atoms with Crippen LogP contribution in [0.25, 0.3) is 0 Å². The molecular formula is C13H16BrNO3S. The topological polar surface area (TPSA) is 54.5 Å². The molecule has 1 saturated heterocycles. The van der Waals surface area contributed by atoms with Crippen LogP contribution in [-0.2, 0) is 9.84 Å². The fourth-order valence-electron chi connectivity index (χ4n) is 2.08. The van der Waals surface area contributed by atoms with Crippen LogP contribution < -0.4 is 0 Å². The Labute approximate surface area is 121 Å². The van der Waals surface area contributed by atoms with Gasteiger partial charge in [-0.1, -0.05) is 28.1 Å². The van der Waals surface area contributed by atoms with E-state index < -0.39 is 9.84 Å². The predicted octanol–water partition coefficient (Wildman–Crippen LogP) is 1.75. The van der Waals surface area contributed by atoms with Gasteiger partial charge in [-0.25, -0.2) is 8.42 Å². The zero-order chi connectivity index (χ0) is 13.9. The Morgan fingerprint density at radius 2 is 1.84 bits per heavy atom. The molecule has 0 saturated carbocycles. The highest BCUT2D eigenvalue weighted by atomic mass is 79.9. The van der Waals surface area contributed by atoms with Gasteiger partial charge in [0.25, 0.3) is 0 Å². The van der Waals surface area contributed by atoms with Gasteiger partial charge in [-0.05, 0) is 25.1 Å².